The van der Waals surface area contributed by atoms with Crippen molar-refractivity contribution >= 4 is 22.9 Å². The minimum absolute atomic E-state index is 0.0623. The van der Waals surface area contributed by atoms with Gasteiger partial charge in [-0.1, -0.05) is 58.9 Å². The summed E-state index contributed by atoms with van der Waals surface area (Å²) in [7, 11) is 0. The summed E-state index contributed by atoms with van der Waals surface area (Å²) in [5.41, 5.74) is -5.29. The molecule has 0 saturated carbocycles. The van der Waals surface area contributed by atoms with E-state index >= 15 is 0 Å². The van der Waals surface area contributed by atoms with Gasteiger partial charge in [-0.05, 0) is 54.4 Å². The Labute approximate surface area is 233 Å². The molecule has 0 amide bonds. The Hall–Kier alpha value is -3.49. The van der Waals surface area contributed by atoms with Crippen LogP contribution in [0.1, 0.15) is 81.8 Å². The third kappa shape index (κ3) is 3.06. The predicted octanol–water partition coefficient (Wildman–Crippen LogP) is 4.61. The average Bonchev–Trinajstić information content (AvgIpc) is 2.89. The van der Waals surface area contributed by atoms with Crippen LogP contribution in [0, 0.1) is 22.7 Å². The average molecular weight is 549 g/mol. The smallest absolute Gasteiger partial charge is 0.209 e. The van der Waals surface area contributed by atoms with Crippen molar-refractivity contribution < 1.29 is 39.9 Å². The molecular weight excluding hydrogens is 512 g/mol. The zero-order valence-electron chi connectivity index (χ0n) is 23.6. The molecule has 4 aliphatic rings. The summed E-state index contributed by atoms with van der Waals surface area (Å²) in [6.07, 6.45) is 5.74. The van der Waals surface area contributed by atoms with E-state index in [1.165, 1.54) is 13.0 Å². The maximum absolute atomic E-state index is 14.3. The molecule has 8 heteroatoms. The minimum Gasteiger partial charge on any atom is -0.511 e. The van der Waals surface area contributed by atoms with Crippen LogP contribution in [0.5, 0.6) is 5.75 Å². The van der Waals surface area contributed by atoms with Gasteiger partial charge < -0.3 is 25.5 Å². The number of rotatable bonds is 3. The lowest BCUT2D eigenvalue weighted by molar-refractivity contribution is -0.211. The van der Waals surface area contributed by atoms with E-state index in [0.29, 0.717) is 18.4 Å². The highest BCUT2D eigenvalue weighted by Crippen LogP contribution is 2.68. The molecule has 4 aliphatic carbocycles. The molecule has 0 aliphatic heterocycles. The zero-order chi connectivity index (χ0) is 29.7. The minimum atomic E-state index is -2.89. The first-order valence-electron chi connectivity index (χ1n) is 13.7. The number of phenols is 1. The molecule has 8 nitrogen and oxygen atoms in total. The molecule has 6 atom stereocenters. The number of hydrogen-bond donors (Lipinski definition) is 5. The highest BCUT2D eigenvalue weighted by Gasteiger charge is 2.76. The van der Waals surface area contributed by atoms with E-state index in [9.17, 15) is 39.9 Å². The Bertz CT molecular complexity index is 1510. The highest BCUT2D eigenvalue weighted by molar-refractivity contribution is 6.25. The van der Waals surface area contributed by atoms with Crippen LogP contribution in [0.3, 0.4) is 0 Å². The Morgan fingerprint density at radius 1 is 1.07 bits per heavy atom. The van der Waals surface area contributed by atoms with Gasteiger partial charge in [0, 0.05) is 16.7 Å². The van der Waals surface area contributed by atoms with E-state index < -0.39 is 74.7 Å². The molecule has 0 bridgehead atoms. The SMILES string of the molecule is CC(=O)C1=C(O)C(C(C)C)[C@@]2(C)[C@H](O)[C@]3(C)C(=C(O)[C@@]2(O)C1=O)C(=O)c1c(O)ccc(C2=CCC=CC2)c1[C@H]3C. The van der Waals surface area contributed by atoms with Gasteiger partial charge in [-0.2, -0.15) is 0 Å². The van der Waals surface area contributed by atoms with Gasteiger partial charge >= 0.3 is 0 Å². The van der Waals surface area contributed by atoms with Gasteiger partial charge in [0.2, 0.25) is 5.78 Å². The molecule has 0 aromatic heterocycles. The van der Waals surface area contributed by atoms with Crippen LogP contribution in [0.4, 0.5) is 0 Å². The van der Waals surface area contributed by atoms with Gasteiger partial charge in [-0.3, -0.25) is 14.4 Å². The van der Waals surface area contributed by atoms with Gasteiger partial charge in [0.15, 0.2) is 17.2 Å². The first-order chi connectivity index (χ1) is 18.6. The maximum Gasteiger partial charge on any atom is 0.209 e. The lowest BCUT2D eigenvalue weighted by Crippen LogP contribution is -2.73. The van der Waals surface area contributed by atoms with E-state index in [1.807, 2.05) is 18.2 Å². The molecule has 0 saturated heterocycles. The van der Waals surface area contributed by atoms with Gasteiger partial charge in [-0.15, -0.1) is 0 Å². The Balaban J connectivity index is 1.89. The highest BCUT2D eigenvalue weighted by atomic mass is 16.4. The largest absolute Gasteiger partial charge is 0.511 e. The number of carbonyl (C=O) groups excluding carboxylic acids is 3. The molecule has 5 N–H and O–H groups in total. The molecular formula is C32H36O8. The molecule has 0 spiro atoms. The second-order valence-electron chi connectivity index (χ2n) is 12.4. The molecule has 5 rings (SSSR count). The fourth-order valence-electron chi connectivity index (χ4n) is 8.11. The Morgan fingerprint density at radius 2 is 1.73 bits per heavy atom. The van der Waals surface area contributed by atoms with E-state index in [1.54, 1.807) is 33.8 Å². The number of benzene rings is 1. The Kier molecular flexibility index (Phi) is 6.14. The summed E-state index contributed by atoms with van der Waals surface area (Å²) in [6, 6.07) is 3.15. The van der Waals surface area contributed by atoms with Crippen molar-refractivity contribution in [2.24, 2.45) is 22.7 Å². The van der Waals surface area contributed by atoms with Crippen LogP contribution >= 0.6 is 0 Å². The van der Waals surface area contributed by atoms with Crippen LogP contribution in [0.25, 0.3) is 5.57 Å². The number of hydrogen-bond acceptors (Lipinski definition) is 8. The molecule has 1 unspecified atom stereocenters. The van der Waals surface area contributed by atoms with Crippen LogP contribution in [-0.2, 0) is 9.59 Å². The number of aliphatic hydroxyl groups excluding tert-OH is 3. The van der Waals surface area contributed by atoms with Crippen molar-refractivity contribution in [3.05, 3.63) is 69.7 Å². The molecule has 0 heterocycles. The number of Topliss-reactive ketones (excluding diaryl/α,β-unsaturated/α-hetero) is 3. The monoisotopic (exact) mass is 548 g/mol. The quantitative estimate of drug-likeness (QED) is 0.271. The molecule has 1 aromatic carbocycles. The van der Waals surface area contributed by atoms with Crippen LogP contribution < -0.4 is 0 Å². The lowest BCUT2D eigenvalue weighted by Gasteiger charge is -2.63. The number of fused-ring (bicyclic) bond motifs is 3. The van der Waals surface area contributed by atoms with Crippen molar-refractivity contribution in [3.8, 4) is 5.75 Å². The van der Waals surface area contributed by atoms with Gasteiger partial charge in [0.25, 0.3) is 0 Å². The molecule has 1 aromatic rings. The first kappa shape index (κ1) is 28.1. The maximum atomic E-state index is 14.3. The van der Waals surface area contributed by atoms with E-state index in [-0.39, 0.29) is 16.9 Å². The van der Waals surface area contributed by atoms with E-state index in [0.717, 1.165) is 18.1 Å². The fraction of sp³-hybridized carbons (Fsp3) is 0.469. The van der Waals surface area contributed by atoms with Gasteiger partial charge in [0.05, 0.1) is 17.2 Å². The molecule has 0 radical (unpaired) electrons. The van der Waals surface area contributed by atoms with Crippen molar-refractivity contribution in [1.82, 2.24) is 0 Å². The summed E-state index contributed by atoms with van der Waals surface area (Å²) < 4.78 is 0. The van der Waals surface area contributed by atoms with Crippen LogP contribution in [-0.4, -0.2) is 54.6 Å². The van der Waals surface area contributed by atoms with Gasteiger partial charge in [-0.25, -0.2) is 0 Å². The predicted molar refractivity (Wildman–Crippen MR) is 148 cm³/mol. The van der Waals surface area contributed by atoms with E-state index in [4.69, 9.17) is 0 Å². The summed E-state index contributed by atoms with van der Waals surface area (Å²) >= 11 is 0. The van der Waals surface area contributed by atoms with Crippen molar-refractivity contribution in [2.75, 3.05) is 0 Å². The summed E-state index contributed by atoms with van der Waals surface area (Å²) in [5, 5.41) is 58.6. The number of allylic oxidation sites excluding steroid dienone is 5. The molecule has 40 heavy (non-hydrogen) atoms. The standard InChI is InChI=1S/C32H36O8/c1-14(2)23-25(35)21(16(4)33)27(37)32(40)28(38)24-26(36)22-19(34)13-12-18(17-10-8-7-9-11-17)20(22)15(3)30(24,5)29(39)31(23,32)6/h7-8,11-15,23,29,34-35,38-40H,9-10H2,1-6H3/t15-,23?,29-,30+,31+,32+/m1/s1. The van der Waals surface area contributed by atoms with Gasteiger partial charge in [0.1, 0.15) is 22.8 Å². The number of ketones is 3. The van der Waals surface area contributed by atoms with Crippen molar-refractivity contribution in [2.45, 2.75) is 72.0 Å². The normalized spacial score (nSPS) is 35.4. The topological polar surface area (TPSA) is 152 Å². The zero-order valence-corrected chi connectivity index (χ0v) is 23.6. The number of carbonyl (C=O) groups is 3. The lowest BCUT2D eigenvalue weighted by atomic mass is 9.41. The van der Waals surface area contributed by atoms with Crippen molar-refractivity contribution in [1.29, 1.82) is 0 Å². The molecule has 0 fully saturated rings. The second-order valence-corrected chi connectivity index (χ2v) is 12.4. The third-order valence-electron chi connectivity index (χ3n) is 10.2. The summed E-state index contributed by atoms with van der Waals surface area (Å²) in [4.78, 5) is 40.6. The van der Waals surface area contributed by atoms with Crippen molar-refractivity contribution in [3.63, 3.8) is 0 Å². The fourth-order valence-corrected chi connectivity index (χ4v) is 8.11. The first-order valence-corrected chi connectivity index (χ1v) is 13.7. The van der Waals surface area contributed by atoms with Crippen LogP contribution in [0.2, 0.25) is 0 Å². The number of phenolic OH excluding ortho intramolecular Hbond substituents is 1. The second kappa shape index (κ2) is 8.75. The third-order valence-corrected chi connectivity index (χ3v) is 10.2. The summed E-state index contributed by atoms with van der Waals surface area (Å²) in [6.45, 7) is 9.30. The number of aliphatic hydroxyl groups is 4. The Morgan fingerprint density at radius 3 is 2.27 bits per heavy atom. The van der Waals surface area contributed by atoms with E-state index in [2.05, 4.69) is 0 Å². The molecule has 212 valence electrons. The van der Waals surface area contributed by atoms with Crippen LogP contribution in [0.15, 0.2) is 53.0 Å². The summed E-state index contributed by atoms with van der Waals surface area (Å²) in [5.74, 6) is -7.03. The number of aromatic hydroxyl groups is 1.